The Balaban J connectivity index is 1.41. The van der Waals surface area contributed by atoms with E-state index in [0.717, 1.165) is 33.6 Å². The molecule has 3 heterocycles. The van der Waals surface area contributed by atoms with Crippen molar-refractivity contribution >= 4 is 23.6 Å². The van der Waals surface area contributed by atoms with Gasteiger partial charge in [0.1, 0.15) is 5.82 Å². The largest absolute Gasteiger partial charge is 0.495 e. The number of aromatic nitrogens is 2. The van der Waals surface area contributed by atoms with Gasteiger partial charge in [-0.05, 0) is 78.7 Å². The van der Waals surface area contributed by atoms with Crippen molar-refractivity contribution in [3.63, 3.8) is 0 Å². The maximum absolute atomic E-state index is 6.67. The van der Waals surface area contributed by atoms with Crippen LogP contribution in [0.1, 0.15) is 49.9 Å². The van der Waals surface area contributed by atoms with Crippen LogP contribution in [0.15, 0.2) is 115 Å². The van der Waals surface area contributed by atoms with Crippen molar-refractivity contribution in [1.82, 2.24) is 9.55 Å². The highest BCUT2D eigenvalue weighted by Crippen LogP contribution is 2.60. The second kappa shape index (κ2) is 8.34. The van der Waals surface area contributed by atoms with Crippen LogP contribution in [0.4, 0.5) is 0 Å². The molecule has 5 heteroatoms. The number of benzene rings is 5. The molecule has 6 aromatic rings. The van der Waals surface area contributed by atoms with E-state index in [-0.39, 0.29) is 0 Å². The van der Waals surface area contributed by atoms with Crippen LogP contribution in [0.2, 0.25) is 0 Å². The highest BCUT2D eigenvalue weighted by molar-refractivity contribution is 6.64. The minimum absolute atomic E-state index is 0.431. The standard InChI is InChI=1S/C38H31BN2O2/c1-36(2)37(3,4)43-39(42-36)30-21-12-19-28-33(30)25-16-8-9-17-26(25)38(28)27-18-10-11-23-32(27)41-34-29(38)20-13-22-31(34)40-35(41)24-14-6-5-7-15-24/h5-23H,1-4H3. The summed E-state index contributed by atoms with van der Waals surface area (Å²) in [6.07, 6.45) is 0. The van der Waals surface area contributed by atoms with Gasteiger partial charge < -0.3 is 9.31 Å². The molecular weight excluding hydrogens is 527 g/mol. The number of hydrogen-bond acceptors (Lipinski definition) is 3. The predicted molar refractivity (Wildman–Crippen MR) is 173 cm³/mol. The Kier molecular flexibility index (Phi) is 4.87. The Morgan fingerprint density at radius 2 is 1.23 bits per heavy atom. The van der Waals surface area contributed by atoms with E-state index in [0.29, 0.717) is 0 Å². The van der Waals surface area contributed by atoms with E-state index < -0.39 is 23.7 Å². The van der Waals surface area contributed by atoms with Crippen LogP contribution >= 0.6 is 0 Å². The average molecular weight is 558 g/mol. The monoisotopic (exact) mass is 558 g/mol. The van der Waals surface area contributed by atoms with Crippen LogP contribution in [0.5, 0.6) is 0 Å². The van der Waals surface area contributed by atoms with Crippen molar-refractivity contribution in [2.24, 2.45) is 0 Å². The van der Waals surface area contributed by atoms with Gasteiger partial charge in [-0.3, -0.25) is 4.57 Å². The maximum atomic E-state index is 6.67. The molecule has 1 aliphatic carbocycles. The van der Waals surface area contributed by atoms with Crippen molar-refractivity contribution in [1.29, 1.82) is 0 Å². The molecule has 1 unspecified atom stereocenters. The lowest BCUT2D eigenvalue weighted by molar-refractivity contribution is 0.00578. The first-order chi connectivity index (χ1) is 20.8. The van der Waals surface area contributed by atoms with Crippen LogP contribution in [-0.4, -0.2) is 27.9 Å². The predicted octanol–water partition coefficient (Wildman–Crippen LogP) is 7.67. The van der Waals surface area contributed by atoms with Gasteiger partial charge in [0.15, 0.2) is 0 Å². The molecule has 1 saturated heterocycles. The average Bonchev–Trinajstić information content (AvgIpc) is 3.62. The third-order valence-electron chi connectivity index (χ3n) is 10.3. The number of imidazole rings is 1. The summed E-state index contributed by atoms with van der Waals surface area (Å²) in [6.45, 7) is 8.48. The first-order valence-electron chi connectivity index (χ1n) is 15.1. The maximum Gasteiger partial charge on any atom is 0.495 e. The molecular formula is C38H31BN2O2. The zero-order chi connectivity index (χ0) is 29.1. The van der Waals surface area contributed by atoms with Crippen LogP contribution in [0, 0.1) is 0 Å². The molecule has 3 aliphatic rings. The second-order valence-corrected chi connectivity index (χ2v) is 13.0. The molecule has 0 radical (unpaired) electrons. The molecule has 2 aliphatic heterocycles. The number of hydrogen-bond donors (Lipinski definition) is 0. The Bertz CT molecular complexity index is 2100. The Morgan fingerprint density at radius 1 is 0.605 bits per heavy atom. The number of fused-ring (bicyclic) bond motifs is 9. The van der Waals surface area contributed by atoms with Crippen LogP contribution in [-0.2, 0) is 14.7 Å². The lowest BCUT2D eigenvalue weighted by Gasteiger charge is -2.39. The number of nitrogens with zero attached hydrogens (tertiary/aromatic N) is 2. The molecule has 1 spiro atoms. The highest BCUT2D eigenvalue weighted by atomic mass is 16.7. The summed E-state index contributed by atoms with van der Waals surface area (Å²) in [5.74, 6) is 0.961. The van der Waals surface area contributed by atoms with Crippen molar-refractivity contribution < 1.29 is 9.31 Å². The molecule has 4 nitrogen and oxygen atoms in total. The molecule has 0 N–H and O–H groups in total. The van der Waals surface area contributed by atoms with Gasteiger partial charge in [-0.15, -0.1) is 0 Å². The summed E-state index contributed by atoms with van der Waals surface area (Å²) in [4.78, 5) is 5.26. The zero-order valence-electron chi connectivity index (χ0n) is 24.8. The summed E-state index contributed by atoms with van der Waals surface area (Å²) in [7, 11) is -0.465. The van der Waals surface area contributed by atoms with Gasteiger partial charge in [0.2, 0.25) is 0 Å². The second-order valence-electron chi connectivity index (χ2n) is 13.0. The molecule has 208 valence electrons. The summed E-state index contributed by atoms with van der Waals surface area (Å²) in [6, 6.07) is 41.6. The smallest absolute Gasteiger partial charge is 0.399 e. The molecule has 0 saturated carbocycles. The number of rotatable bonds is 2. The normalized spacial score (nSPS) is 20.3. The van der Waals surface area contributed by atoms with Crippen LogP contribution in [0.3, 0.4) is 0 Å². The van der Waals surface area contributed by atoms with E-state index in [1.165, 1.54) is 33.4 Å². The van der Waals surface area contributed by atoms with Gasteiger partial charge in [0.25, 0.3) is 0 Å². The molecule has 1 fully saturated rings. The summed E-state index contributed by atoms with van der Waals surface area (Å²) in [5.41, 5.74) is 11.6. The third kappa shape index (κ3) is 3.06. The minimum atomic E-state index is -0.522. The summed E-state index contributed by atoms with van der Waals surface area (Å²) < 4.78 is 15.7. The number of para-hydroxylation sites is 2. The fourth-order valence-corrected chi connectivity index (χ4v) is 7.68. The van der Waals surface area contributed by atoms with E-state index in [2.05, 4.69) is 148 Å². The van der Waals surface area contributed by atoms with Crippen molar-refractivity contribution in [3.05, 3.63) is 138 Å². The van der Waals surface area contributed by atoms with Gasteiger partial charge in [0.05, 0.1) is 33.3 Å². The van der Waals surface area contributed by atoms with Gasteiger partial charge in [-0.1, -0.05) is 103 Å². The van der Waals surface area contributed by atoms with Crippen LogP contribution in [0.25, 0.3) is 39.2 Å². The third-order valence-corrected chi connectivity index (χ3v) is 10.3. The van der Waals surface area contributed by atoms with Gasteiger partial charge >= 0.3 is 7.12 Å². The fraction of sp³-hybridized carbons (Fsp3) is 0.184. The Hall–Kier alpha value is -4.45. The Morgan fingerprint density at radius 3 is 2.02 bits per heavy atom. The molecule has 1 aromatic heterocycles. The van der Waals surface area contributed by atoms with Crippen molar-refractivity contribution in [2.45, 2.75) is 44.3 Å². The minimum Gasteiger partial charge on any atom is -0.399 e. The van der Waals surface area contributed by atoms with E-state index in [4.69, 9.17) is 14.3 Å². The van der Waals surface area contributed by atoms with E-state index in [1.807, 2.05) is 0 Å². The molecule has 43 heavy (non-hydrogen) atoms. The topological polar surface area (TPSA) is 36.3 Å². The first kappa shape index (κ1) is 25.1. The zero-order valence-corrected chi connectivity index (χ0v) is 24.8. The lowest BCUT2D eigenvalue weighted by Crippen LogP contribution is -2.41. The molecule has 0 amide bonds. The molecule has 1 atom stereocenters. The highest BCUT2D eigenvalue weighted by Gasteiger charge is 2.56. The molecule has 9 rings (SSSR count). The Labute approximate surface area is 252 Å². The van der Waals surface area contributed by atoms with E-state index >= 15 is 0 Å². The van der Waals surface area contributed by atoms with Gasteiger partial charge in [-0.25, -0.2) is 4.98 Å². The van der Waals surface area contributed by atoms with Crippen LogP contribution < -0.4 is 5.46 Å². The van der Waals surface area contributed by atoms with Crippen molar-refractivity contribution in [2.75, 3.05) is 0 Å². The fourth-order valence-electron chi connectivity index (χ4n) is 7.68. The van der Waals surface area contributed by atoms with Gasteiger partial charge in [-0.2, -0.15) is 0 Å². The lowest BCUT2D eigenvalue weighted by atomic mass is 9.64. The first-order valence-corrected chi connectivity index (χ1v) is 15.1. The van der Waals surface area contributed by atoms with E-state index in [1.54, 1.807) is 0 Å². The SMILES string of the molecule is CC1(C)OB(c2cccc3c2-c2ccccc2C32c3ccccc3-n3c(-c4ccccc4)nc4cccc2c43)OC1(C)C. The van der Waals surface area contributed by atoms with Gasteiger partial charge in [0, 0.05) is 5.56 Å². The molecule has 5 aromatic carbocycles. The molecule has 0 bridgehead atoms. The van der Waals surface area contributed by atoms with E-state index in [9.17, 15) is 0 Å². The van der Waals surface area contributed by atoms with Crippen molar-refractivity contribution in [3.8, 4) is 28.2 Å². The summed E-state index contributed by atoms with van der Waals surface area (Å²) in [5, 5.41) is 0. The summed E-state index contributed by atoms with van der Waals surface area (Å²) >= 11 is 0. The quantitative estimate of drug-likeness (QED) is 0.204.